The molecule has 2 N–H and O–H groups in total. The molecular weight excluding hydrogens is 230 g/mol. The zero-order valence-corrected chi connectivity index (χ0v) is 11.1. The molecule has 0 radical (unpaired) electrons. The number of rotatable bonds is 3. The minimum Gasteiger partial charge on any atom is -0.394 e. The molecule has 5 heteroatoms. The lowest BCUT2D eigenvalue weighted by Gasteiger charge is -2.36. The Morgan fingerprint density at radius 1 is 1.50 bits per heavy atom. The Morgan fingerprint density at radius 3 is 2.67 bits per heavy atom. The zero-order chi connectivity index (χ0) is 13.2. The summed E-state index contributed by atoms with van der Waals surface area (Å²) in [7, 11) is 1.76. The molecule has 0 aromatic carbocycles. The molecule has 1 fully saturated rings. The zero-order valence-electron chi connectivity index (χ0n) is 11.1. The summed E-state index contributed by atoms with van der Waals surface area (Å²) < 4.78 is 1.58. The van der Waals surface area contributed by atoms with Crippen molar-refractivity contribution in [3.05, 3.63) is 17.5 Å². The molecule has 18 heavy (non-hydrogen) atoms. The van der Waals surface area contributed by atoms with Crippen molar-refractivity contribution in [3.63, 3.8) is 0 Å². The van der Waals surface area contributed by atoms with Gasteiger partial charge < -0.3 is 10.4 Å². The first-order valence-electron chi connectivity index (χ1n) is 6.50. The lowest BCUT2D eigenvalue weighted by atomic mass is 9.82. The normalized spacial score (nSPS) is 18.6. The summed E-state index contributed by atoms with van der Waals surface area (Å²) in [5.41, 5.74) is 0.934. The van der Waals surface area contributed by atoms with Crippen LogP contribution in [0.2, 0.25) is 0 Å². The molecule has 1 saturated carbocycles. The fourth-order valence-corrected chi connectivity index (χ4v) is 2.68. The van der Waals surface area contributed by atoms with E-state index in [4.69, 9.17) is 0 Å². The van der Waals surface area contributed by atoms with Crippen LogP contribution in [0.15, 0.2) is 6.07 Å². The highest BCUT2D eigenvalue weighted by Crippen LogP contribution is 2.28. The molecule has 0 aliphatic heterocycles. The Kier molecular flexibility index (Phi) is 3.71. The summed E-state index contributed by atoms with van der Waals surface area (Å²) in [6, 6.07) is 1.77. The van der Waals surface area contributed by atoms with Crippen molar-refractivity contribution in [1.29, 1.82) is 0 Å². The highest BCUT2D eigenvalue weighted by molar-refractivity contribution is 5.93. The summed E-state index contributed by atoms with van der Waals surface area (Å²) in [6.07, 6.45) is 5.01. The molecule has 100 valence electrons. The number of aryl methyl sites for hydroxylation is 2. The van der Waals surface area contributed by atoms with Gasteiger partial charge in [0.2, 0.25) is 0 Å². The molecule has 1 heterocycles. The first-order valence-corrected chi connectivity index (χ1v) is 6.50. The Bertz CT molecular complexity index is 433. The van der Waals surface area contributed by atoms with Crippen LogP contribution in [0.25, 0.3) is 0 Å². The number of aliphatic hydroxyl groups excluding tert-OH is 1. The molecule has 2 rings (SSSR count). The van der Waals surface area contributed by atoms with E-state index in [0.29, 0.717) is 5.69 Å². The van der Waals surface area contributed by atoms with Crippen LogP contribution in [0.5, 0.6) is 0 Å². The van der Waals surface area contributed by atoms with E-state index in [1.807, 2.05) is 6.92 Å². The smallest absolute Gasteiger partial charge is 0.270 e. The van der Waals surface area contributed by atoms with Crippen molar-refractivity contribution in [2.24, 2.45) is 7.05 Å². The van der Waals surface area contributed by atoms with Crippen molar-refractivity contribution in [1.82, 2.24) is 15.1 Å². The van der Waals surface area contributed by atoms with Crippen LogP contribution in [0, 0.1) is 6.92 Å². The van der Waals surface area contributed by atoms with Crippen LogP contribution in [-0.2, 0) is 7.05 Å². The molecule has 0 unspecified atom stereocenters. The predicted octanol–water partition coefficient (Wildman–Crippen LogP) is 1.15. The van der Waals surface area contributed by atoms with Gasteiger partial charge in [-0.3, -0.25) is 9.48 Å². The largest absolute Gasteiger partial charge is 0.394 e. The lowest BCUT2D eigenvalue weighted by molar-refractivity contribution is 0.0750. The second-order valence-corrected chi connectivity index (χ2v) is 5.25. The molecule has 0 spiro atoms. The molecule has 1 aromatic heterocycles. The molecule has 1 aliphatic rings. The van der Waals surface area contributed by atoms with Gasteiger partial charge in [-0.2, -0.15) is 5.10 Å². The minimum absolute atomic E-state index is 0.00950. The van der Waals surface area contributed by atoms with Crippen molar-refractivity contribution in [3.8, 4) is 0 Å². The van der Waals surface area contributed by atoms with Crippen molar-refractivity contribution in [2.75, 3.05) is 6.61 Å². The summed E-state index contributed by atoms with van der Waals surface area (Å²) in [6.45, 7) is 1.87. The van der Waals surface area contributed by atoms with E-state index in [1.54, 1.807) is 17.8 Å². The van der Waals surface area contributed by atoms with E-state index in [-0.39, 0.29) is 12.5 Å². The minimum atomic E-state index is -0.437. The molecule has 1 aromatic rings. The number of aromatic nitrogens is 2. The summed E-state index contributed by atoms with van der Waals surface area (Å²) in [5.74, 6) is -0.144. The predicted molar refractivity (Wildman–Crippen MR) is 68.3 cm³/mol. The fraction of sp³-hybridized carbons (Fsp3) is 0.692. The van der Waals surface area contributed by atoms with Gasteiger partial charge in [-0.25, -0.2) is 0 Å². The van der Waals surface area contributed by atoms with Gasteiger partial charge in [-0.05, 0) is 25.8 Å². The third-order valence-corrected chi connectivity index (χ3v) is 3.73. The van der Waals surface area contributed by atoms with Gasteiger partial charge in [0.15, 0.2) is 0 Å². The topological polar surface area (TPSA) is 67.2 Å². The monoisotopic (exact) mass is 251 g/mol. The van der Waals surface area contributed by atoms with Crippen LogP contribution in [-0.4, -0.2) is 32.9 Å². The number of nitrogens with one attached hydrogen (secondary N) is 1. The van der Waals surface area contributed by atoms with Gasteiger partial charge in [0.05, 0.1) is 17.8 Å². The number of hydrogen-bond acceptors (Lipinski definition) is 3. The van der Waals surface area contributed by atoms with E-state index in [0.717, 1.165) is 31.4 Å². The summed E-state index contributed by atoms with van der Waals surface area (Å²) >= 11 is 0. The Morgan fingerprint density at radius 2 is 2.17 bits per heavy atom. The average Bonchev–Trinajstić information content (AvgIpc) is 2.70. The van der Waals surface area contributed by atoms with Gasteiger partial charge in [0, 0.05) is 7.05 Å². The number of carbonyl (C=O) groups is 1. The number of amides is 1. The molecular formula is C13H21N3O2. The quantitative estimate of drug-likeness (QED) is 0.847. The maximum atomic E-state index is 12.2. The molecule has 0 atom stereocenters. The molecule has 5 nitrogen and oxygen atoms in total. The first kappa shape index (κ1) is 13.1. The van der Waals surface area contributed by atoms with Gasteiger partial charge in [0.25, 0.3) is 5.91 Å². The van der Waals surface area contributed by atoms with Gasteiger partial charge >= 0.3 is 0 Å². The van der Waals surface area contributed by atoms with Crippen LogP contribution in [0.3, 0.4) is 0 Å². The van der Waals surface area contributed by atoms with E-state index in [2.05, 4.69) is 10.4 Å². The Hall–Kier alpha value is -1.36. The molecule has 1 amide bonds. The standard InChI is InChI=1S/C13H21N3O2/c1-10-8-11(16(2)15-10)12(18)14-13(9-17)6-4-3-5-7-13/h8,17H,3-7,9H2,1-2H3,(H,14,18). The van der Waals surface area contributed by atoms with E-state index in [1.165, 1.54) is 6.42 Å². The van der Waals surface area contributed by atoms with Gasteiger partial charge in [-0.1, -0.05) is 19.3 Å². The number of aliphatic hydroxyl groups is 1. The molecule has 0 saturated heterocycles. The van der Waals surface area contributed by atoms with Crippen LogP contribution < -0.4 is 5.32 Å². The summed E-state index contributed by atoms with van der Waals surface area (Å²) in [4.78, 5) is 12.2. The van der Waals surface area contributed by atoms with E-state index in [9.17, 15) is 9.90 Å². The van der Waals surface area contributed by atoms with Crippen LogP contribution in [0.1, 0.15) is 48.3 Å². The highest BCUT2D eigenvalue weighted by Gasteiger charge is 2.33. The number of hydrogen-bond donors (Lipinski definition) is 2. The lowest BCUT2D eigenvalue weighted by Crippen LogP contribution is -2.52. The second-order valence-electron chi connectivity index (χ2n) is 5.25. The first-order chi connectivity index (χ1) is 8.56. The maximum absolute atomic E-state index is 12.2. The average molecular weight is 251 g/mol. The third kappa shape index (κ3) is 2.56. The van der Waals surface area contributed by atoms with Crippen molar-refractivity contribution < 1.29 is 9.90 Å². The Balaban J connectivity index is 2.12. The van der Waals surface area contributed by atoms with Gasteiger partial charge in [0.1, 0.15) is 5.69 Å². The molecule has 0 bridgehead atoms. The van der Waals surface area contributed by atoms with E-state index < -0.39 is 5.54 Å². The third-order valence-electron chi connectivity index (χ3n) is 3.73. The Labute approximate surface area is 107 Å². The molecule has 1 aliphatic carbocycles. The van der Waals surface area contributed by atoms with Crippen LogP contribution >= 0.6 is 0 Å². The van der Waals surface area contributed by atoms with Crippen LogP contribution in [0.4, 0.5) is 0 Å². The van der Waals surface area contributed by atoms with E-state index >= 15 is 0 Å². The van der Waals surface area contributed by atoms with Gasteiger partial charge in [-0.15, -0.1) is 0 Å². The highest BCUT2D eigenvalue weighted by atomic mass is 16.3. The second kappa shape index (κ2) is 5.10. The van der Waals surface area contributed by atoms with Crippen molar-refractivity contribution in [2.45, 2.75) is 44.6 Å². The maximum Gasteiger partial charge on any atom is 0.270 e. The fourth-order valence-electron chi connectivity index (χ4n) is 2.68. The SMILES string of the molecule is Cc1cc(C(=O)NC2(CO)CCCCC2)n(C)n1. The number of nitrogens with zero attached hydrogens (tertiary/aromatic N) is 2. The number of carbonyl (C=O) groups excluding carboxylic acids is 1. The summed E-state index contributed by atoms with van der Waals surface area (Å²) in [5, 5.41) is 16.7. The van der Waals surface area contributed by atoms with Crippen molar-refractivity contribution >= 4 is 5.91 Å².